The Morgan fingerprint density at radius 3 is 1.58 bits per heavy atom. The summed E-state index contributed by atoms with van der Waals surface area (Å²) in [5.74, 6) is -0.508. The van der Waals surface area contributed by atoms with Crippen molar-refractivity contribution in [3.8, 4) is 0 Å². The van der Waals surface area contributed by atoms with Crippen molar-refractivity contribution in [3.05, 3.63) is 0 Å². The highest BCUT2D eigenvalue weighted by atomic mass is 31.2. The molecule has 0 radical (unpaired) electrons. The number of likely N-dealkylation sites (N-methyl/N-ethyl adjacent to an activating group) is 1. The first-order valence-electron chi connectivity index (χ1n) is 15.2. The van der Waals surface area contributed by atoms with Gasteiger partial charge in [-0.1, -0.05) is 110 Å². The zero-order valence-electron chi connectivity index (χ0n) is 25.4. The molecule has 0 amide bonds. The summed E-state index contributed by atoms with van der Waals surface area (Å²) < 4.78 is 33.1. The molecule has 0 aliphatic heterocycles. The van der Waals surface area contributed by atoms with Crippen molar-refractivity contribution < 1.29 is 37.3 Å². The number of phosphoric acid groups is 1. The van der Waals surface area contributed by atoms with Gasteiger partial charge in [-0.3, -0.25) is 9.36 Å². The Morgan fingerprint density at radius 1 is 0.711 bits per heavy atom. The molecule has 0 heterocycles. The van der Waals surface area contributed by atoms with Gasteiger partial charge >= 0.3 is 5.97 Å². The number of quaternary nitrogens is 1. The minimum Gasteiger partial charge on any atom is -0.756 e. The first-order chi connectivity index (χ1) is 18.1. The molecule has 0 fully saturated rings. The molecular formula is C29H60NO7P. The summed E-state index contributed by atoms with van der Waals surface area (Å²) in [5.41, 5.74) is 0. The predicted octanol–water partition coefficient (Wildman–Crippen LogP) is 6.79. The number of hydrogen-bond donors (Lipinski definition) is 0. The molecule has 0 bridgehead atoms. The molecule has 8 nitrogen and oxygen atoms in total. The third kappa shape index (κ3) is 28.5. The van der Waals surface area contributed by atoms with Crippen LogP contribution in [0.4, 0.5) is 0 Å². The van der Waals surface area contributed by atoms with Crippen LogP contribution in [0.25, 0.3) is 0 Å². The van der Waals surface area contributed by atoms with Crippen LogP contribution in [0.2, 0.25) is 0 Å². The largest absolute Gasteiger partial charge is 0.756 e. The van der Waals surface area contributed by atoms with Crippen LogP contribution in [0.3, 0.4) is 0 Å². The quantitative estimate of drug-likeness (QED) is 0.0446. The van der Waals surface area contributed by atoms with Gasteiger partial charge in [0.1, 0.15) is 19.3 Å². The summed E-state index contributed by atoms with van der Waals surface area (Å²) in [7, 11) is 1.35. The molecule has 0 aliphatic carbocycles. The fraction of sp³-hybridized carbons (Fsp3) is 0.966. The zero-order chi connectivity index (χ0) is 28.5. The van der Waals surface area contributed by atoms with Gasteiger partial charge in [-0.2, -0.15) is 0 Å². The maximum Gasteiger partial charge on any atom is 0.303 e. The molecule has 0 aromatic carbocycles. The van der Waals surface area contributed by atoms with Crippen molar-refractivity contribution in [1.82, 2.24) is 0 Å². The minimum atomic E-state index is -4.46. The first kappa shape index (κ1) is 37.5. The number of hydrogen-bond acceptors (Lipinski definition) is 7. The van der Waals surface area contributed by atoms with E-state index in [-0.39, 0.29) is 19.8 Å². The molecule has 0 aromatic heterocycles. The number of rotatable bonds is 28. The number of carbonyl (C=O) groups excluding carboxylic acids is 1. The Labute approximate surface area is 234 Å². The van der Waals surface area contributed by atoms with Crippen molar-refractivity contribution in [2.45, 2.75) is 129 Å². The molecule has 38 heavy (non-hydrogen) atoms. The van der Waals surface area contributed by atoms with E-state index in [9.17, 15) is 14.3 Å². The van der Waals surface area contributed by atoms with E-state index < -0.39 is 19.9 Å². The molecule has 0 saturated heterocycles. The third-order valence-corrected chi connectivity index (χ3v) is 7.42. The molecule has 2 unspecified atom stereocenters. The lowest BCUT2D eigenvalue weighted by Gasteiger charge is -2.28. The summed E-state index contributed by atoms with van der Waals surface area (Å²) in [6.45, 7) is 4.42. The van der Waals surface area contributed by atoms with Crippen LogP contribution in [-0.2, 0) is 27.9 Å². The standard InChI is InChI=1S/C29H60NO7P/c1-6-7-8-9-10-11-12-13-14-15-16-17-18-19-20-21-22-24-34-26-29(37-28(2)31)27-36-38(32,33)35-25-23-30(3,4)5/h29H,6-27H2,1-5H3. The Morgan fingerprint density at radius 2 is 1.16 bits per heavy atom. The van der Waals surface area contributed by atoms with Gasteiger partial charge in [0.25, 0.3) is 7.82 Å². The maximum atomic E-state index is 12.0. The fourth-order valence-electron chi connectivity index (χ4n) is 4.13. The van der Waals surface area contributed by atoms with E-state index in [0.29, 0.717) is 17.6 Å². The second-order valence-electron chi connectivity index (χ2n) is 11.6. The number of carbonyl (C=O) groups is 1. The van der Waals surface area contributed by atoms with Gasteiger partial charge in [0.05, 0.1) is 34.4 Å². The average molecular weight is 566 g/mol. The fourth-order valence-corrected chi connectivity index (χ4v) is 4.86. The Bertz CT molecular complexity index is 598. The summed E-state index contributed by atoms with van der Waals surface area (Å²) in [6, 6.07) is 0. The number of phosphoric ester groups is 1. The van der Waals surface area contributed by atoms with Crippen molar-refractivity contribution in [2.24, 2.45) is 0 Å². The lowest BCUT2D eigenvalue weighted by molar-refractivity contribution is -0.870. The lowest BCUT2D eigenvalue weighted by atomic mass is 10.0. The third-order valence-electron chi connectivity index (χ3n) is 6.46. The highest BCUT2D eigenvalue weighted by Gasteiger charge is 2.19. The van der Waals surface area contributed by atoms with E-state index in [2.05, 4.69) is 6.92 Å². The van der Waals surface area contributed by atoms with Crippen LogP contribution in [-0.4, -0.2) is 70.7 Å². The topological polar surface area (TPSA) is 94.1 Å². The molecule has 0 aliphatic rings. The molecule has 0 N–H and O–H groups in total. The van der Waals surface area contributed by atoms with Crippen LogP contribution >= 0.6 is 7.82 Å². The second kappa shape index (κ2) is 24.3. The van der Waals surface area contributed by atoms with Gasteiger partial charge in [0.2, 0.25) is 0 Å². The minimum absolute atomic E-state index is 0.0261. The molecule has 228 valence electrons. The number of ether oxygens (including phenoxy) is 2. The molecule has 0 saturated carbocycles. The van der Waals surface area contributed by atoms with Gasteiger partial charge in [0, 0.05) is 13.5 Å². The highest BCUT2D eigenvalue weighted by Crippen LogP contribution is 2.38. The molecule has 0 spiro atoms. The zero-order valence-corrected chi connectivity index (χ0v) is 26.3. The molecule has 0 rings (SSSR count). The lowest BCUT2D eigenvalue weighted by Crippen LogP contribution is -2.37. The van der Waals surface area contributed by atoms with Crippen molar-refractivity contribution in [1.29, 1.82) is 0 Å². The van der Waals surface area contributed by atoms with E-state index >= 15 is 0 Å². The van der Waals surface area contributed by atoms with Crippen LogP contribution in [0.1, 0.15) is 123 Å². The van der Waals surface area contributed by atoms with Gasteiger partial charge in [-0.15, -0.1) is 0 Å². The van der Waals surface area contributed by atoms with Crippen LogP contribution in [0.5, 0.6) is 0 Å². The smallest absolute Gasteiger partial charge is 0.303 e. The van der Waals surface area contributed by atoms with E-state index in [1.807, 2.05) is 21.1 Å². The normalized spacial score (nSPS) is 14.4. The maximum absolute atomic E-state index is 12.0. The van der Waals surface area contributed by atoms with E-state index in [0.717, 1.165) is 12.8 Å². The summed E-state index contributed by atoms with van der Waals surface area (Å²) >= 11 is 0. The Kier molecular flexibility index (Phi) is 24.0. The summed E-state index contributed by atoms with van der Waals surface area (Å²) in [5, 5.41) is 0. The Balaban J connectivity index is 3.68. The average Bonchev–Trinajstić information content (AvgIpc) is 2.82. The summed E-state index contributed by atoms with van der Waals surface area (Å²) in [6.07, 6.45) is 21.7. The molecule has 9 heteroatoms. The van der Waals surface area contributed by atoms with Gasteiger partial charge < -0.3 is 27.9 Å². The van der Waals surface area contributed by atoms with E-state index in [1.165, 1.54) is 103 Å². The van der Waals surface area contributed by atoms with Crippen LogP contribution in [0.15, 0.2) is 0 Å². The second-order valence-corrected chi connectivity index (χ2v) is 13.0. The molecular weight excluding hydrogens is 505 g/mol. The van der Waals surface area contributed by atoms with Gasteiger partial charge in [-0.25, -0.2) is 0 Å². The van der Waals surface area contributed by atoms with Crippen molar-refractivity contribution >= 4 is 13.8 Å². The summed E-state index contributed by atoms with van der Waals surface area (Å²) in [4.78, 5) is 23.3. The number of unbranched alkanes of at least 4 members (excludes halogenated alkanes) is 16. The SMILES string of the molecule is CCCCCCCCCCCCCCCCCCCOCC(COP(=O)([O-])OCC[N+](C)(C)C)OC(C)=O. The monoisotopic (exact) mass is 565 g/mol. The van der Waals surface area contributed by atoms with E-state index in [4.69, 9.17) is 18.5 Å². The predicted molar refractivity (Wildman–Crippen MR) is 153 cm³/mol. The number of esters is 1. The first-order valence-corrected chi connectivity index (χ1v) is 16.7. The van der Waals surface area contributed by atoms with Gasteiger partial charge in [0.15, 0.2) is 0 Å². The van der Waals surface area contributed by atoms with E-state index in [1.54, 1.807) is 0 Å². The van der Waals surface area contributed by atoms with Crippen molar-refractivity contribution in [2.75, 3.05) is 54.1 Å². The van der Waals surface area contributed by atoms with Crippen LogP contribution in [0, 0.1) is 0 Å². The molecule has 2 atom stereocenters. The van der Waals surface area contributed by atoms with Gasteiger partial charge in [-0.05, 0) is 6.42 Å². The Hall–Kier alpha value is -0.500. The molecule has 0 aromatic rings. The highest BCUT2D eigenvalue weighted by molar-refractivity contribution is 7.45. The number of nitrogens with zero attached hydrogens (tertiary/aromatic N) is 1. The van der Waals surface area contributed by atoms with Crippen molar-refractivity contribution in [3.63, 3.8) is 0 Å². The van der Waals surface area contributed by atoms with Crippen LogP contribution < -0.4 is 4.89 Å².